The van der Waals surface area contributed by atoms with Crippen molar-refractivity contribution in [2.75, 3.05) is 18.0 Å². The van der Waals surface area contributed by atoms with E-state index in [0.29, 0.717) is 17.2 Å². The standard InChI is InChI=1S/C14H18N2O3/c1-9-3-2-4-12(14(9)16(18)19)15-7-10-5-6-13(17)11(10)8-15/h2-4,10-11,13,17H,5-8H2,1H3. The van der Waals surface area contributed by atoms with Crippen molar-refractivity contribution in [3.05, 3.63) is 33.9 Å². The number of hydrogen-bond donors (Lipinski definition) is 1. The molecule has 1 N–H and O–H groups in total. The average Bonchev–Trinajstić information content (AvgIpc) is 2.91. The molecule has 0 spiro atoms. The van der Waals surface area contributed by atoms with Crippen LogP contribution in [0.4, 0.5) is 11.4 Å². The van der Waals surface area contributed by atoms with E-state index >= 15 is 0 Å². The van der Waals surface area contributed by atoms with Gasteiger partial charge in [-0.25, -0.2) is 0 Å². The summed E-state index contributed by atoms with van der Waals surface area (Å²) in [5.74, 6) is 0.759. The van der Waals surface area contributed by atoms with Crippen LogP contribution in [-0.2, 0) is 0 Å². The topological polar surface area (TPSA) is 66.6 Å². The Labute approximate surface area is 112 Å². The summed E-state index contributed by atoms with van der Waals surface area (Å²) < 4.78 is 0. The first kappa shape index (κ1) is 12.4. The van der Waals surface area contributed by atoms with Gasteiger partial charge >= 0.3 is 0 Å². The van der Waals surface area contributed by atoms with Crippen molar-refractivity contribution in [2.24, 2.45) is 11.8 Å². The maximum absolute atomic E-state index is 11.2. The molecule has 1 saturated heterocycles. The van der Waals surface area contributed by atoms with Gasteiger partial charge in [-0.05, 0) is 31.7 Å². The first-order chi connectivity index (χ1) is 9.08. The first-order valence-electron chi connectivity index (χ1n) is 6.75. The Kier molecular flexibility index (Phi) is 2.93. The van der Waals surface area contributed by atoms with Gasteiger partial charge in [0, 0.05) is 24.6 Å². The van der Waals surface area contributed by atoms with Crippen LogP contribution < -0.4 is 4.90 Å². The quantitative estimate of drug-likeness (QED) is 0.654. The number of aryl methyl sites for hydroxylation is 1. The molecule has 5 nitrogen and oxygen atoms in total. The van der Waals surface area contributed by atoms with Crippen molar-refractivity contribution < 1.29 is 10.0 Å². The maximum atomic E-state index is 11.2. The summed E-state index contributed by atoms with van der Waals surface area (Å²) in [6.07, 6.45) is 1.67. The summed E-state index contributed by atoms with van der Waals surface area (Å²) in [6.45, 7) is 3.33. The molecule has 0 amide bonds. The highest BCUT2D eigenvalue weighted by Crippen LogP contribution is 2.42. The van der Waals surface area contributed by atoms with E-state index in [1.54, 1.807) is 13.0 Å². The second kappa shape index (κ2) is 4.49. The molecule has 5 heteroatoms. The monoisotopic (exact) mass is 262 g/mol. The smallest absolute Gasteiger partial charge is 0.295 e. The highest BCUT2D eigenvalue weighted by Gasteiger charge is 2.43. The molecule has 1 aromatic rings. The van der Waals surface area contributed by atoms with E-state index in [1.165, 1.54) is 0 Å². The number of aliphatic hydroxyl groups excluding tert-OH is 1. The van der Waals surface area contributed by atoms with Gasteiger partial charge in [0.2, 0.25) is 0 Å². The predicted octanol–water partition coefficient (Wildman–Crippen LogP) is 2.11. The predicted molar refractivity (Wildman–Crippen MR) is 72.3 cm³/mol. The van der Waals surface area contributed by atoms with Gasteiger partial charge in [0.15, 0.2) is 0 Å². The molecule has 1 aromatic carbocycles. The molecule has 1 aliphatic carbocycles. The molecule has 3 unspecified atom stereocenters. The third kappa shape index (κ3) is 1.98. The molecule has 0 bridgehead atoms. The summed E-state index contributed by atoms with van der Waals surface area (Å²) >= 11 is 0. The normalized spacial score (nSPS) is 29.6. The molecular formula is C14H18N2O3. The summed E-state index contributed by atoms with van der Waals surface area (Å²) in [5.41, 5.74) is 1.60. The van der Waals surface area contributed by atoms with Crippen LogP contribution in [0.15, 0.2) is 18.2 Å². The Morgan fingerprint density at radius 1 is 1.37 bits per heavy atom. The van der Waals surface area contributed by atoms with Crippen molar-refractivity contribution in [1.82, 2.24) is 0 Å². The fourth-order valence-corrected chi connectivity index (χ4v) is 3.57. The zero-order chi connectivity index (χ0) is 13.6. The Bertz CT molecular complexity index is 517. The summed E-state index contributed by atoms with van der Waals surface area (Å²) in [6, 6.07) is 5.45. The van der Waals surface area contributed by atoms with Crippen LogP contribution in [0.1, 0.15) is 18.4 Å². The van der Waals surface area contributed by atoms with Gasteiger partial charge in [-0.2, -0.15) is 0 Å². The van der Waals surface area contributed by atoms with Gasteiger partial charge in [0.05, 0.1) is 11.0 Å². The van der Waals surface area contributed by atoms with E-state index in [2.05, 4.69) is 4.90 Å². The lowest BCUT2D eigenvalue weighted by atomic mass is 10.00. The second-order valence-electron chi connectivity index (χ2n) is 5.67. The molecule has 1 saturated carbocycles. The molecule has 2 fully saturated rings. The first-order valence-corrected chi connectivity index (χ1v) is 6.75. The fraction of sp³-hybridized carbons (Fsp3) is 0.571. The highest BCUT2D eigenvalue weighted by atomic mass is 16.6. The summed E-state index contributed by atoms with van der Waals surface area (Å²) in [4.78, 5) is 13.0. The third-order valence-corrected chi connectivity index (χ3v) is 4.56. The molecule has 19 heavy (non-hydrogen) atoms. The van der Waals surface area contributed by atoms with Crippen LogP contribution in [-0.4, -0.2) is 29.2 Å². The zero-order valence-corrected chi connectivity index (χ0v) is 11.0. The van der Waals surface area contributed by atoms with Crippen LogP contribution in [0.3, 0.4) is 0 Å². The number of anilines is 1. The maximum Gasteiger partial charge on any atom is 0.295 e. The molecule has 1 heterocycles. The molecule has 102 valence electrons. The van der Waals surface area contributed by atoms with E-state index in [4.69, 9.17) is 0 Å². The molecule has 0 radical (unpaired) electrons. The molecule has 1 aliphatic heterocycles. The van der Waals surface area contributed by atoms with Crippen LogP contribution in [0.2, 0.25) is 0 Å². The lowest BCUT2D eigenvalue weighted by Crippen LogP contribution is -2.25. The minimum Gasteiger partial charge on any atom is -0.393 e. The Hall–Kier alpha value is -1.62. The van der Waals surface area contributed by atoms with Crippen LogP contribution in [0, 0.1) is 28.9 Å². The van der Waals surface area contributed by atoms with Crippen molar-refractivity contribution >= 4 is 11.4 Å². The molecule has 2 aliphatic rings. The van der Waals surface area contributed by atoms with Crippen molar-refractivity contribution in [2.45, 2.75) is 25.9 Å². The van der Waals surface area contributed by atoms with Gasteiger partial charge < -0.3 is 10.0 Å². The van der Waals surface area contributed by atoms with E-state index in [1.807, 2.05) is 12.1 Å². The Morgan fingerprint density at radius 3 is 2.84 bits per heavy atom. The van der Waals surface area contributed by atoms with Gasteiger partial charge in [0.1, 0.15) is 5.69 Å². The lowest BCUT2D eigenvalue weighted by Gasteiger charge is -2.20. The number of rotatable bonds is 2. The Morgan fingerprint density at radius 2 is 2.16 bits per heavy atom. The minimum absolute atomic E-state index is 0.206. The number of para-hydroxylation sites is 1. The molecule has 3 rings (SSSR count). The van der Waals surface area contributed by atoms with Gasteiger partial charge in [-0.3, -0.25) is 10.1 Å². The van der Waals surface area contributed by atoms with Gasteiger partial charge in [0.25, 0.3) is 5.69 Å². The third-order valence-electron chi connectivity index (χ3n) is 4.56. The molecular weight excluding hydrogens is 244 g/mol. The second-order valence-corrected chi connectivity index (χ2v) is 5.67. The number of fused-ring (bicyclic) bond motifs is 1. The van der Waals surface area contributed by atoms with Crippen LogP contribution in [0.5, 0.6) is 0 Å². The van der Waals surface area contributed by atoms with Crippen molar-refractivity contribution in [3.8, 4) is 0 Å². The molecule has 0 aromatic heterocycles. The lowest BCUT2D eigenvalue weighted by molar-refractivity contribution is -0.384. The van der Waals surface area contributed by atoms with E-state index < -0.39 is 0 Å². The fourth-order valence-electron chi connectivity index (χ4n) is 3.57. The number of benzene rings is 1. The zero-order valence-electron chi connectivity index (χ0n) is 11.0. The SMILES string of the molecule is Cc1cccc(N2CC3CCC(O)C3C2)c1[N+](=O)[O-]. The highest BCUT2D eigenvalue weighted by molar-refractivity contribution is 5.67. The summed E-state index contributed by atoms with van der Waals surface area (Å²) in [5, 5.41) is 21.2. The number of hydrogen-bond acceptors (Lipinski definition) is 4. The van der Waals surface area contributed by atoms with Crippen molar-refractivity contribution in [3.63, 3.8) is 0 Å². The molecule has 3 atom stereocenters. The minimum atomic E-state index is -0.296. The van der Waals surface area contributed by atoms with Crippen LogP contribution >= 0.6 is 0 Å². The number of nitro benzene ring substituents is 1. The van der Waals surface area contributed by atoms with E-state index in [-0.39, 0.29) is 22.6 Å². The number of nitrogens with zero attached hydrogens (tertiary/aromatic N) is 2. The number of nitro groups is 1. The average molecular weight is 262 g/mol. The number of aliphatic hydroxyl groups is 1. The van der Waals surface area contributed by atoms with Gasteiger partial charge in [-0.1, -0.05) is 12.1 Å². The Balaban J connectivity index is 1.92. The summed E-state index contributed by atoms with van der Waals surface area (Å²) in [7, 11) is 0. The van der Waals surface area contributed by atoms with E-state index in [9.17, 15) is 15.2 Å². The largest absolute Gasteiger partial charge is 0.393 e. The van der Waals surface area contributed by atoms with Crippen LogP contribution in [0.25, 0.3) is 0 Å². The van der Waals surface area contributed by atoms with Crippen molar-refractivity contribution in [1.29, 1.82) is 0 Å². The van der Waals surface area contributed by atoms with E-state index in [0.717, 1.165) is 25.9 Å². The van der Waals surface area contributed by atoms with Gasteiger partial charge in [-0.15, -0.1) is 0 Å².